The zero-order chi connectivity index (χ0) is 72.1. The standard InChI is InChI=1S/C79H154O17P2/c1-7-9-11-13-15-17-19-20-21-27-33-39-45-51-57-63-78(83)95-74(67-89-76(81)61-55-49-43-37-18-16-14-12-10-8-2)69-93-97(85,86)91-65-73(80)66-92-98(87,88)94-70-75(68-90-77(82)62-56-50-44-38-32-29-24-26-31-36-42-48-54-60-72(5)6)96-79(84)64-58-52-46-40-34-28-23-22-25-30-35-41-47-53-59-71(3)4/h71-75,80H,7-70H2,1-6H3,(H,85,86)(H,87,88)/t73-,74+,75+/m0/s1. The summed E-state index contributed by atoms with van der Waals surface area (Å²) in [6, 6.07) is 0. The maximum atomic E-state index is 13.1. The molecule has 582 valence electrons. The molecule has 0 aromatic carbocycles. The van der Waals surface area contributed by atoms with Crippen molar-refractivity contribution in [2.75, 3.05) is 39.6 Å². The molecule has 0 saturated carbocycles. The van der Waals surface area contributed by atoms with Gasteiger partial charge in [0.2, 0.25) is 0 Å². The molecule has 0 aliphatic rings. The number of hydrogen-bond donors (Lipinski definition) is 3. The third kappa shape index (κ3) is 72.4. The van der Waals surface area contributed by atoms with Gasteiger partial charge in [-0.15, -0.1) is 0 Å². The highest BCUT2D eigenvalue weighted by atomic mass is 31.2. The minimum Gasteiger partial charge on any atom is -0.462 e. The third-order valence-electron chi connectivity index (χ3n) is 18.5. The van der Waals surface area contributed by atoms with Crippen LogP contribution in [0, 0.1) is 11.8 Å². The smallest absolute Gasteiger partial charge is 0.462 e. The minimum atomic E-state index is -4.96. The Balaban J connectivity index is 5.25. The molecule has 2 unspecified atom stereocenters. The van der Waals surface area contributed by atoms with Gasteiger partial charge >= 0.3 is 39.5 Å². The van der Waals surface area contributed by atoms with Crippen LogP contribution in [0.4, 0.5) is 0 Å². The minimum absolute atomic E-state index is 0.108. The van der Waals surface area contributed by atoms with Gasteiger partial charge in [-0.2, -0.15) is 0 Å². The highest BCUT2D eigenvalue weighted by Gasteiger charge is 2.30. The maximum absolute atomic E-state index is 13.1. The van der Waals surface area contributed by atoms with Crippen LogP contribution in [0.5, 0.6) is 0 Å². The van der Waals surface area contributed by atoms with E-state index in [2.05, 4.69) is 41.5 Å². The second kappa shape index (κ2) is 70.7. The zero-order valence-electron chi connectivity index (χ0n) is 64.1. The maximum Gasteiger partial charge on any atom is 0.472 e. The Morgan fingerprint density at radius 1 is 0.276 bits per heavy atom. The number of phosphoric acid groups is 2. The van der Waals surface area contributed by atoms with Gasteiger partial charge in [0.15, 0.2) is 12.2 Å². The van der Waals surface area contributed by atoms with Crippen molar-refractivity contribution in [3.05, 3.63) is 0 Å². The Hall–Kier alpha value is -1.94. The first-order valence-corrected chi connectivity index (χ1v) is 44.0. The number of hydrogen-bond acceptors (Lipinski definition) is 15. The summed E-state index contributed by atoms with van der Waals surface area (Å²) in [6.07, 6.45) is 59.5. The molecule has 0 aromatic heterocycles. The number of phosphoric ester groups is 2. The lowest BCUT2D eigenvalue weighted by atomic mass is 10.0. The van der Waals surface area contributed by atoms with Crippen molar-refractivity contribution in [2.24, 2.45) is 11.8 Å². The molecule has 0 saturated heterocycles. The fourth-order valence-electron chi connectivity index (χ4n) is 12.2. The van der Waals surface area contributed by atoms with Gasteiger partial charge in [0.05, 0.1) is 26.4 Å². The molecule has 5 atom stereocenters. The lowest BCUT2D eigenvalue weighted by molar-refractivity contribution is -0.161. The summed E-state index contributed by atoms with van der Waals surface area (Å²) in [5.74, 6) is -0.523. The normalized spacial score (nSPS) is 13.9. The van der Waals surface area contributed by atoms with Crippen LogP contribution in [0.3, 0.4) is 0 Å². The van der Waals surface area contributed by atoms with Gasteiger partial charge in [-0.05, 0) is 37.5 Å². The number of unbranched alkanes of at least 4 members (excludes halogenated alkanes) is 48. The molecule has 3 N–H and O–H groups in total. The summed E-state index contributed by atoms with van der Waals surface area (Å²) >= 11 is 0. The topological polar surface area (TPSA) is 237 Å². The molecule has 0 spiro atoms. The second-order valence-electron chi connectivity index (χ2n) is 29.4. The fourth-order valence-corrected chi connectivity index (χ4v) is 13.8. The highest BCUT2D eigenvalue weighted by Crippen LogP contribution is 2.45. The van der Waals surface area contributed by atoms with Crippen LogP contribution in [0.25, 0.3) is 0 Å². The van der Waals surface area contributed by atoms with Crippen LogP contribution in [-0.2, 0) is 65.4 Å². The number of carbonyl (C=O) groups is 4. The summed E-state index contributed by atoms with van der Waals surface area (Å²) in [6.45, 7) is 9.66. The van der Waals surface area contributed by atoms with E-state index >= 15 is 0 Å². The summed E-state index contributed by atoms with van der Waals surface area (Å²) < 4.78 is 68.7. The highest BCUT2D eigenvalue weighted by molar-refractivity contribution is 7.47. The van der Waals surface area contributed by atoms with Crippen molar-refractivity contribution < 1.29 is 80.2 Å². The molecule has 0 rings (SSSR count). The number of carbonyl (C=O) groups excluding carboxylic acids is 4. The van der Waals surface area contributed by atoms with E-state index in [1.54, 1.807) is 0 Å². The van der Waals surface area contributed by atoms with Crippen LogP contribution >= 0.6 is 15.6 Å². The SMILES string of the molecule is CCCCCCCCCCCCCCCCCC(=O)O[C@H](COC(=O)CCCCCCCCCCCC)COP(=O)(O)OC[C@H](O)COP(=O)(O)OC[C@@H](COC(=O)CCCCCCCCCCCCCCCC(C)C)OC(=O)CCCCCCCCCCCCCCCCC(C)C. The number of ether oxygens (including phenoxy) is 4. The Bertz CT molecular complexity index is 1890. The van der Waals surface area contributed by atoms with Gasteiger partial charge in [-0.1, -0.05) is 363 Å². The second-order valence-corrected chi connectivity index (χ2v) is 32.3. The number of rotatable bonds is 78. The van der Waals surface area contributed by atoms with Crippen molar-refractivity contribution >= 4 is 39.5 Å². The molecule has 0 amide bonds. The van der Waals surface area contributed by atoms with Gasteiger partial charge in [0.25, 0.3) is 0 Å². The average Bonchev–Trinajstić information content (AvgIpc) is 1.22. The van der Waals surface area contributed by atoms with E-state index < -0.39 is 97.5 Å². The molecular formula is C79H154O17P2. The van der Waals surface area contributed by atoms with Gasteiger partial charge in [0.1, 0.15) is 19.3 Å². The molecule has 0 heterocycles. The van der Waals surface area contributed by atoms with Crippen molar-refractivity contribution in [1.82, 2.24) is 0 Å². The Morgan fingerprint density at radius 2 is 0.469 bits per heavy atom. The average molecular weight is 1440 g/mol. The number of aliphatic hydroxyl groups is 1. The van der Waals surface area contributed by atoms with E-state index in [1.807, 2.05) is 0 Å². The first kappa shape index (κ1) is 96.1. The third-order valence-corrected chi connectivity index (χ3v) is 20.4. The van der Waals surface area contributed by atoms with Gasteiger partial charge < -0.3 is 33.8 Å². The Labute approximate surface area is 600 Å². The lowest BCUT2D eigenvalue weighted by Crippen LogP contribution is -2.30. The molecule has 0 aromatic rings. The van der Waals surface area contributed by atoms with E-state index in [-0.39, 0.29) is 25.7 Å². The summed E-state index contributed by atoms with van der Waals surface area (Å²) in [4.78, 5) is 72.9. The predicted molar refractivity (Wildman–Crippen MR) is 400 cm³/mol. The summed E-state index contributed by atoms with van der Waals surface area (Å²) in [5.41, 5.74) is 0. The van der Waals surface area contributed by atoms with Crippen molar-refractivity contribution in [1.29, 1.82) is 0 Å². The van der Waals surface area contributed by atoms with E-state index in [0.29, 0.717) is 25.7 Å². The van der Waals surface area contributed by atoms with Crippen LogP contribution < -0.4 is 0 Å². The van der Waals surface area contributed by atoms with Crippen LogP contribution in [0.1, 0.15) is 414 Å². The predicted octanol–water partition coefficient (Wildman–Crippen LogP) is 23.5. The molecule has 17 nitrogen and oxygen atoms in total. The molecule has 0 aliphatic heterocycles. The first-order valence-electron chi connectivity index (χ1n) is 41.0. The van der Waals surface area contributed by atoms with Gasteiger partial charge in [-0.25, -0.2) is 9.13 Å². The zero-order valence-corrected chi connectivity index (χ0v) is 65.9. The fraction of sp³-hybridized carbons (Fsp3) is 0.949. The van der Waals surface area contributed by atoms with Crippen LogP contribution in [0.2, 0.25) is 0 Å². The van der Waals surface area contributed by atoms with Gasteiger partial charge in [-0.3, -0.25) is 37.3 Å². The van der Waals surface area contributed by atoms with Crippen molar-refractivity contribution in [3.8, 4) is 0 Å². The molecule has 0 bridgehead atoms. The largest absolute Gasteiger partial charge is 0.472 e. The summed E-state index contributed by atoms with van der Waals surface area (Å²) in [7, 11) is -9.92. The van der Waals surface area contributed by atoms with Gasteiger partial charge in [0, 0.05) is 25.7 Å². The van der Waals surface area contributed by atoms with Crippen molar-refractivity contribution in [2.45, 2.75) is 432 Å². The van der Waals surface area contributed by atoms with Crippen molar-refractivity contribution in [3.63, 3.8) is 0 Å². The van der Waals surface area contributed by atoms with E-state index in [9.17, 15) is 43.2 Å². The van der Waals surface area contributed by atoms with E-state index in [1.165, 1.54) is 231 Å². The Kier molecular flexibility index (Phi) is 69.3. The lowest BCUT2D eigenvalue weighted by Gasteiger charge is -2.21. The van der Waals surface area contributed by atoms with E-state index in [0.717, 1.165) is 102 Å². The van der Waals surface area contributed by atoms with Crippen LogP contribution in [0.15, 0.2) is 0 Å². The molecular weight excluding hydrogens is 1280 g/mol. The van der Waals surface area contributed by atoms with Crippen LogP contribution in [-0.4, -0.2) is 96.7 Å². The Morgan fingerprint density at radius 3 is 0.694 bits per heavy atom. The molecule has 19 heteroatoms. The van der Waals surface area contributed by atoms with E-state index in [4.69, 9.17) is 37.0 Å². The first-order chi connectivity index (χ1) is 47.4. The molecule has 0 radical (unpaired) electrons. The number of aliphatic hydroxyl groups excluding tert-OH is 1. The molecule has 0 fully saturated rings. The number of esters is 4. The summed E-state index contributed by atoms with van der Waals surface area (Å²) in [5, 5.41) is 10.6. The molecule has 0 aliphatic carbocycles. The quantitative estimate of drug-likeness (QED) is 0.0222. The molecule has 98 heavy (non-hydrogen) atoms. The monoisotopic (exact) mass is 1440 g/mol.